The first-order chi connectivity index (χ1) is 16.5. The van der Waals surface area contributed by atoms with Crippen LogP contribution in [0.4, 0.5) is 0 Å². The lowest BCUT2D eigenvalue weighted by Gasteiger charge is -2.16. The number of hydrazine groups is 1. The molecule has 1 heterocycles. The Morgan fingerprint density at radius 1 is 0.941 bits per heavy atom. The van der Waals surface area contributed by atoms with Crippen molar-refractivity contribution in [2.75, 3.05) is 6.54 Å². The van der Waals surface area contributed by atoms with E-state index in [1.807, 2.05) is 66.7 Å². The summed E-state index contributed by atoms with van der Waals surface area (Å²) in [6, 6.07) is 23.1. The van der Waals surface area contributed by atoms with Gasteiger partial charge in [-0.05, 0) is 35.4 Å². The number of hydrogen-bond acceptors (Lipinski definition) is 5. The maximum Gasteiger partial charge on any atom is 0.279 e. The second kappa shape index (κ2) is 10.6. The molecule has 3 amide bonds. The monoisotopic (exact) mass is 458 g/mol. The van der Waals surface area contributed by atoms with Crippen LogP contribution in [0.5, 0.6) is 5.75 Å². The normalized spacial score (nSPS) is 13.8. The first kappa shape index (κ1) is 23.0. The number of carbonyl (C=O) groups excluding carboxylic acids is 3. The zero-order chi connectivity index (χ0) is 23.9. The Hall–Kier alpha value is -4.20. The minimum absolute atomic E-state index is 0.00355. The van der Waals surface area contributed by atoms with Gasteiger partial charge in [-0.15, -0.1) is 0 Å². The van der Waals surface area contributed by atoms with Gasteiger partial charge in [-0.25, -0.2) is 5.01 Å². The molecule has 0 aliphatic carbocycles. The van der Waals surface area contributed by atoms with Gasteiger partial charge >= 0.3 is 0 Å². The average molecular weight is 459 g/mol. The highest BCUT2D eigenvalue weighted by molar-refractivity contribution is 6.02. The standard InChI is InChI=1S/C26H26N4O4/c1-18(34-22-12-11-19-7-5-6-10-21(19)17-22)26(33)28-27-24(31)13-14-25(32)30-16-15-23(29-30)20-8-3-2-4-9-20/h2-12,17-18H,13-16H2,1H3,(H,27,31)(H,28,33). The molecule has 0 fully saturated rings. The van der Waals surface area contributed by atoms with E-state index in [9.17, 15) is 14.4 Å². The summed E-state index contributed by atoms with van der Waals surface area (Å²) < 4.78 is 5.69. The van der Waals surface area contributed by atoms with E-state index in [0.717, 1.165) is 22.0 Å². The van der Waals surface area contributed by atoms with Crippen LogP contribution in [-0.4, -0.2) is 41.1 Å². The van der Waals surface area contributed by atoms with Crippen LogP contribution < -0.4 is 15.6 Å². The molecule has 1 atom stereocenters. The van der Waals surface area contributed by atoms with Gasteiger partial charge in [-0.1, -0.05) is 60.7 Å². The lowest BCUT2D eigenvalue weighted by atomic mass is 10.1. The summed E-state index contributed by atoms with van der Waals surface area (Å²) in [7, 11) is 0. The lowest BCUT2D eigenvalue weighted by molar-refractivity contribution is -0.135. The Morgan fingerprint density at radius 3 is 2.47 bits per heavy atom. The first-order valence-corrected chi connectivity index (χ1v) is 11.2. The minimum atomic E-state index is -0.821. The highest BCUT2D eigenvalue weighted by atomic mass is 16.5. The highest BCUT2D eigenvalue weighted by Gasteiger charge is 2.22. The molecule has 2 N–H and O–H groups in total. The van der Waals surface area contributed by atoms with Crippen LogP contribution in [0, 0.1) is 0 Å². The van der Waals surface area contributed by atoms with Gasteiger partial charge in [0.05, 0.1) is 12.3 Å². The molecular weight excluding hydrogens is 432 g/mol. The van der Waals surface area contributed by atoms with E-state index in [-0.39, 0.29) is 18.7 Å². The molecule has 3 aromatic carbocycles. The van der Waals surface area contributed by atoms with Gasteiger partial charge in [0.1, 0.15) is 5.75 Å². The SMILES string of the molecule is CC(Oc1ccc2ccccc2c1)C(=O)NNC(=O)CCC(=O)N1CCC(c2ccccc2)=N1. The third kappa shape index (κ3) is 5.78. The molecule has 174 valence electrons. The van der Waals surface area contributed by atoms with Gasteiger partial charge in [0.25, 0.3) is 5.91 Å². The predicted molar refractivity (Wildman–Crippen MR) is 129 cm³/mol. The molecule has 0 spiro atoms. The van der Waals surface area contributed by atoms with Crippen LogP contribution in [-0.2, 0) is 14.4 Å². The Morgan fingerprint density at radius 2 is 1.68 bits per heavy atom. The zero-order valence-electron chi connectivity index (χ0n) is 18.9. The first-order valence-electron chi connectivity index (χ1n) is 11.2. The molecule has 0 aromatic heterocycles. The molecule has 8 nitrogen and oxygen atoms in total. The van der Waals surface area contributed by atoms with Crippen molar-refractivity contribution in [2.24, 2.45) is 5.10 Å². The number of nitrogens with one attached hydrogen (secondary N) is 2. The topological polar surface area (TPSA) is 100 Å². The van der Waals surface area contributed by atoms with E-state index in [4.69, 9.17) is 4.74 Å². The van der Waals surface area contributed by atoms with E-state index in [1.165, 1.54) is 5.01 Å². The van der Waals surface area contributed by atoms with Crippen LogP contribution in [0.25, 0.3) is 10.8 Å². The second-order valence-corrected chi connectivity index (χ2v) is 7.99. The fourth-order valence-corrected chi connectivity index (χ4v) is 3.61. The average Bonchev–Trinajstić information content (AvgIpc) is 3.37. The van der Waals surface area contributed by atoms with E-state index in [0.29, 0.717) is 18.7 Å². The van der Waals surface area contributed by atoms with Gasteiger partial charge in [0.15, 0.2) is 6.10 Å². The Kier molecular flexibility index (Phi) is 7.17. The number of hydrogen-bond donors (Lipinski definition) is 2. The molecule has 0 saturated heterocycles. The van der Waals surface area contributed by atoms with Crippen molar-refractivity contribution < 1.29 is 19.1 Å². The quantitative estimate of drug-likeness (QED) is 0.531. The summed E-state index contributed by atoms with van der Waals surface area (Å²) in [5.74, 6) is -0.643. The summed E-state index contributed by atoms with van der Waals surface area (Å²) in [5, 5.41) is 7.85. The van der Waals surface area contributed by atoms with E-state index in [1.54, 1.807) is 13.0 Å². The highest BCUT2D eigenvalue weighted by Crippen LogP contribution is 2.21. The molecule has 0 radical (unpaired) electrons. The molecule has 1 unspecified atom stereocenters. The van der Waals surface area contributed by atoms with Crippen molar-refractivity contribution in [1.29, 1.82) is 0 Å². The molecule has 8 heteroatoms. The summed E-state index contributed by atoms with van der Waals surface area (Å²) >= 11 is 0. The Balaban J connectivity index is 1.20. The predicted octanol–water partition coefficient (Wildman–Crippen LogP) is 3.17. The number of rotatable bonds is 7. The van der Waals surface area contributed by atoms with Crippen molar-refractivity contribution >= 4 is 34.2 Å². The van der Waals surface area contributed by atoms with Crippen molar-refractivity contribution in [3.8, 4) is 5.75 Å². The summed E-state index contributed by atoms with van der Waals surface area (Å²) in [6.07, 6.45) is -0.215. The Bertz CT molecular complexity index is 1230. The van der Waals surface area contributed by atoms with Crippen molar-refractivity contribution in [3.05, 3.63) is 78.4 Å². The molecule has 3 aromatic rings. The molecule has 34 heavy (non-hydrogen) atoms. The van der Waals surface area contributed by atoms with Crippen LogP contribution in [0.3, 0.4) is 0 Å². The van der Waals surface area contributed by atoms with Crippen molar-refractivity contribution in [3.63, 3.8) is 0 Å². The fourth-order valence-electron chi connectivity index (χ4n) is 3.61. The zero-order valence-corrected chi connectivity index (χ0v) is 18.9. The molecule has 1 aliphatic rings. The molecule has 0 saturated carbocycles. The van der Waals surface area contributed by atoms with Crippen molar-refractivity contribution in [1.82, 2.24) is 15.9 Å². The van der Waals surface area contributed by atoms with Crippen LogP contribution in [0.2, 0.25) is 0 Å². The van der Waals surface area contributed by atoms with Crippen LogP contribution in [0.15, 0.2) is 77.9 Å². The third-order valence-electron chi connectivity index (χ3n) is 5.49. The van der Waals surface area contributed by atoms with Gasteiger partial charge in [-0.3, -0.25) is 25.2 Å². The lowest BCUT2D eigenvalue weighted by Crippen LogP contribution is -2.47. The number of amides is 3. The minimum Gasteiger partial charge on any atom is -0.481 e. The van der Waals surface area contributed by atoms with Crippen LogP contribution >= 0.6 is 0 Å². The second-order valence-electron chi connectivity index (χ2n) is 7.99. The summed E-state index contributed by atoms with van der Waals surface area (Å²) in [4.78, 5) is 36.8. The van der Waals surface area contributed by atoms with Gasteiger partial charge in [0, 0.05) is 19.3 Å². The largest absolute Gasteiger partial charge is 0.481 e. The van der Waals surface area contributed by atoms with Crippen molar-refractivity contribution in [2.45, 2.75) is 32.3 Å². The van der Waals surface area contributed by atoms with E-state index in [2.05, 4.69) is 16.0 Å². The molecule has 0 bridgehead atoms. The molecule has 4 rings (SSSR count). The summed E-state index contributed by atoms with van der Waals surface area (Å²) in [6.45, 7) is 2.08. The van der Waals surface area contributed by atoms with Crippen LogP contribution in [0.1, 0.15) is 31.7 Å². The fraction of sp³-hybridized carbons (Fsp3) is 0.231. The van der Waals surface area contributed by atoms with Gasteiger partial charge < -0.3 is 4.74 Å². The Labute approximate surface area is 197 Å². The molecule has 1 aliphatic heterocycles. The maximum absolute atomic E-state index is 12.4. The number of hydrazone groups is 1. The van der Waals surface area contributed by atoms with E-state index >= 15 is 0 Å². The number of carbonyl (C=O) groups is 3. The number of benzene rings is 3. The third-order valence-corrected chi connectivity index (χ3v) is 5.49. The van der Waals surface area contributed by atoms with Gasteiger partial charge in [0.2, 0.25) is 11.8 Å². The number of ether oxygens (including phenoxy) is 1. The summed E-state index contributed by atoms with van der Waals surface area (Å²) in [5.41, 5.74) is 6.52. The van der Waals surface area contributed by atoms with Gasteiger partial charge in [-0.2, -0.15) is 5.10 Å². The maximum atomic E-state index is 12.4. The van der Waals surface area contributed by atoms with E-state index < -0.39 is 17.9 Å². The smallest absolute Gasteiger partial charge is 0.279 e. The number of nitrogens with zero attached hydrogens (tertiary/aromatic N) is 2. The molecular formula is C26H26N4O4. The number of fused-ring (bicyclic) bond motifs is 1.